The number of nitrogens with one attached hydrogen (secondary N) is 4. The molecule has 7 nitrogen and oxygen atoms in total. The second-order valence-electron chi connectivity index (χ2n) is 12.6. The molecule has 224 valence electrons. The van der Waals surface area contributed by atoms with Crippen molar-refractivity contribution in [3.8, 4) is 0 Å². The van der Waals surface area contributed by atoms with Crippen molar-refractivity contribution in [2.45, 2.75) is 82.7 Å². The third-order valence-electron chi connectivity index (χ3n) is 9.54. The molecule has 1 atom stereocenters. The number of carbonyl (C=O) groups excluding carboxylic acids is 2. The van der Waals surface area contributed by atoms with E-state index < -0.39 is 0 Å². The molecule has 4 N–H and O–H groups in total. The van der Waals surface area contributed by atoms with Crippen molar-refractivity contribution in [2.75, 3.05) is 45.8 Å². The lowest BCUT2D eigenvalue weighted by atomic mass is 9.84. The fraction of sp³-hybridized carbons (Fsp3) is 0.647. The van der Waals surface area contributed by atoms with Gasteiger partial charge in [0.15, 0.2) is 0 Å². The highest BCUT2D eigenvalue weighted by Gasteiger charge is 2.32. The van der Waals surface area contributed by atoms with Crippen LogP contribution in [0.15, 0.2) is 42.5 Å². The summed E-state index contributed by atoms with van der Waals surface area (Å²) < 4.78 is 0. The van der Waals surface area contributed by atoms with Crippen LogP contribution in [0.3, 0.4) is 0 Å². The molecule has 2 saturated heterocycles. The number of piperidine rings is 1. The van der Waals surface area contributed by atoms with Crippen LogP contribution < -0.4 is 21.3 Å². The molecule has 0 unspecified atom stereocenters. The monoisotopic (exact) mass is 561 g/mol. The van der Waals surface area contributed by atoms with E-state index >= 15 is 0 Å². The molecule has 2 aliphatic heterocycles. The molecule has 5 rings (SSSR count). The highest BCUT2D eigenvalue weighted by Crippen LogP contribution is 2.28. The zero-order chi connectivity index (χ0) is 28.3. The van der Waals surface area contributed by atoms with Crippen LogP contribution in [0.5, 0.6) is 0 Å². The maximum absolute atomic E-state index is 13.2. The summed E-state index contributed by atoms with van der Waals surface area (Å²) in [6.45, 7) is 7.35. The van der Waals surface area contributed by atoms with Crippen molar-refractivity contribution < 1.29 is 9.59 Å². The van der Waals surface area contributed by atoms with Crippen molar-refractivity contribution in [1.29, 1.82) is 0 Å². The van der Waals surface area contributed by atoms with Gasteiger partial charge in [-0.15, -0.1) is 0 Å². The quantitative estimate of drug-likeness (QED) is 0.278. The smallest absolute Gasteiger partial charge is 0.225 e. The number of unbranched alkanes of at least 4 members (excludes halogenated alkanes) is 1. The summed E-state index contributed by atoms with van der Waals surface area (Å²) in [4.78, 5) is 28.2. The van der Waals surface area contributed by atoms with Crippen LogP contribution >= 0.6 is 0 Å². The molecule has 2 aromatic rings. The van der Waals surface area contributed by atoms with Crippen molar-refractivity contribution in [2.24, 2.45) is 11.8 Å². The highest BCUT2D eigenvalue weighted by molar-refractivity contribution is 5.90. The van der Waals surface area contributed by atoms with Gasteiger partial charge in [-0.05, 0) is 113 Å². The van der Waals surface area contributed by atoms with Gasteiger partial charge >= 0.3 is 0 Å². The fourth-order valence-corrected chi connectivity index (χ4v) is 7.01. The predicted molar refractivity (Wildman–Crippen MR) is 167 cm³/mol. The zero-order valence-electron chi connectivity index (χ0n) is 24.8. The molecule has 0 aromatic heterocycles. The van der Waals surface area contributed by atoms with E-state index in [1.807, 2.05) is 24.3 Å². The number of fused-ring (bicyclic) bond motifs is 1. The van der Waals surface area contributed by atoms with E-state index in [-0.39, 0.29) is 17.9 Å². The Morgan fingerprint density at radius 2 is 1.56 bits per heavy atom. The topological polar surface area (TPSA) is 85.5 Å². The number of benzene rings is 2. The van der Waals surface area contributed by atoms with Crippen LogP contribution in [0.2, 0.25) is 0 Å². The first-order valence-corrected chi connectivity index (χ1v) is 16.4. The molecule has 0 bridgehead atoms. The Morgan fingerprint density at radius 1 is 0.829 bits per heavy atom. The van der Waals surface area contributed by atoms with Crippen LogP contribution in [0, 0.1) is 11.8 Å². The summed E-state index contributed by atoms with van der Waals surface area (Å²) in [5, 5.41) is 16.4. The van der Waals surface area contributed by atoms with Gasteiger partial charge in [-0.2, -0.15) is 0 Å². The van der Waals surface area contributed by atoms with E-state index in [9.17, 15) is 9.59 Å². The minimum atomic E-state index is 0.0837. The maximum atomic E-state index is 13.2. The molecule has 0 spiro atoms. The van der Waals surface area contributed by atoms with E-state index in [4.69, 9.17) is 0 Å². The van der Waals surface area contributed by atoms with Crippen LogP contribution in [-0.4, -0.2) is 74.6 Å². The fourth-order valence-electron chi connectivity index (χ4n) is 7.01. The van der Waals surface area contributed by atoms with Gasteiger partial charge in [-0.25, -0.2) is 0 Å². The van der Waals surface area contributed by atoms with Gasteiger partial charge in [0.2, 0.25) is 11.8 Å². The normalized spacial score (nSPS) is 23.6. The lowest BCUT2D eigenvalue weighted by Crippen LogP contribution is -2.46. The zero-order valence-corrected chi connectivity index (χ0v) is 24.8. The number of hydrogen-bond acceptors (Lipinski definition) is 5. The summed E-state index contributed by atoms with van der Waals surface area (Å²) in [7, 11) is 0. The number of amides is 2. The second kappa shape index (κ2) is 15.7. The molecule has 2 heterocycles. The average Bonchev–Trinajstić information content (AvgIpc) is 3.53. The van der Waals surface area contributed by atoms with E-state index in [0.29, 0.717) is 24.3 Å². The van der Waals surface area contributed by atoms with Gasteiger partial charge in [-0.1, -0.05) is 42.5 Å². The molecule has 1 aliphatic carbocycles. The molecule has 3 aliphatic rings. The number of hydrogen-bond donors (Lipinski definition) is 4. The number of nitrogens with zero attached hydrogens (tertiary/aromatic N) is 1. The Kier molecular flexibility index (Phi) is 11.5. The first-order chi connectivity index (χ1) is 20.2. The second-order valence-corrected chi connectivity index (χ2v) is 12.6. The highest BCUT2D eigenvalue weighted by atomic mass is 16.2. The Hall–Kier alpha value is -2.48. The Labute approximate surface area is 246 Å². The number of carbonyl (C=O) groups is 2. The molecule has 7 heteroatoms. The summed E-state index contributed by atoms with van der Waals surface area (Å²) in [6.07, 6.45) is 11.2. The van der Waals surface area contributed by atoms with E-state index in [0.717, 1.165) is 88.7 Å². The Bertz CT molecular complexity index is 1100. The molecule has 2 amide bonds. The Balaban J connectivity index is 0.917. The molecule has 41 heavy (non-hydrogen) atoms. The SMILES string of the molecule is O=C(Cc1cccc2ccccc12)NC1CCC(C(=O)N2CCC(CNCCCCNC[C@@H]3CCCN3)CC2)CC1. The van der Waals surface area contributed by atoms with Gasteiger partial charge < -0.3 is 26.2 Å². The lowest BCUT2D eigenvalue weighted by molar-refractivity contribution is -0.138. The molecule has 0 radical (unpaired) electrons. The molecular weight excluding hydrogens is 510 g/mol. The summed E-state index contributed by atoms with van der Waals surface area (Å²) in [5.74, 6) is 1.23. The third kappa shape index (κ3) is 9.00. The molecule has 2 aromatic carbocycles. The molecule has 3 fully saturated rings. The van der Waals surface area contributed by atoms with Crippen molar-refractivity contribution in [3.05, 3.63) is 48.0 Å². The number of rotatable bonds is 13. The standard InChI is InChI=1S/C34H51N5O2/c40-33(23-29-9-5-8-27-7-1-2-11-32(27)29)38-30-14-12-28(13-15-30)34(41)39-21-16-26(17-22-39)24-35-18-3-4-19-36-25-31-10-6-20-37-31/h1-2,5,7-9,11,26,28,30-31,35-37H,3-4,6,10,12-25H2,(H,38,40)/t28?,30?,31-/m0/s1. The maximum Gasteiger partial charge on any atom is 0.225 e. The van der Waals surface area contributed by atoms with Crippen molar-refractivity contribution in [1.82, 2.24) is 26.2 Å². The minimum Gasteiger partial charge on any atom is -0.353 e. The van der Waals surface area contributed by atoms with Crippen LogP contribution in [0.1, 0.15) is 69.8 Å². The predicted octanol–water partition coefficient (Wildman–Crippen LogP) is 4.01. The molecule has 1 saturated carbocycles. The van der Waals surface area contributed by atoms with Gasteiger partial charge in [0.1, 0.15) is 0 Å². The van der Waals surface area contributed by atoms with Gasteiger partial charge in [-0.3, -0.25) is 9.59 Å². The average molecular weight is 562 g/mol. The van der Waals surface area contributed by atoms with Crippen molar-refractivity contribution >= 4 is 22.6 Å². The molecular formula is C34H51N5O2. The van der Waals surface area contributed by atoms with Crippen LogP contribution in [0.4, 0.5) is 0 Å². The first-order valence-electron chi connectivity index (χ1n) is 16.4. The minimum absolute atomic E-state index is 0.0837. The number of likely N-dealkylation sites (tertiary alicyclic amines) is 1. The lowest BCUT2D eigenvalue weighted by Gasteiger charge is -2.36. The first kappa shape index (κ1) is 30.0. The summed E-state index contributed by atoms with van der Waals surface area (Å²) >= 11 is 0. The van der Waals surface area contributed by atoms with Gasteiger partial charge in [0.25, 0.3) is 0 Å². The van der Waals surface area contributed by atoms with Gasteiger partial charge in [0, 0.05) is 37.6 Å². The third-order valence-corrected chi connectivity index (χ3v) is 9.54. The van der Waals surface area contributed by atoms with E-state index in [2.05, 4.69) is 44.4 Å². The van der Waals surface area contributed by atoms with Crippen LogP contribution in [-0.2, 0) is 16.0 Å². The summed E-state index contributed by atoms with van der Waals surface area (Å²) in [6, 6.07) is 15.3. The Morgan fingerprint density at radius 3 is 2.32 bits per heavy atom. The van der Waals surface area contributed by atoms with Gasteiger partial charge in [0.05, 0.1) is 6.42 Å². The summed E-state index contributed by atoms with van der Waals surface area (Å²) in [5.41, 5.74) is 1.07. The van der Waals surface area contributed by atoms with E-state index in [1.165, 1.54) is 37.6 Å². The van der Waals surface area contributed by atoms with Crippen molar-refractivity contribution in [3.63, 3.8) is 0 Å². The largest absolute Gasteiger partial charge is 0.353 e. The van der Waals surface area contributed by atoms with E-state index in [1.54, 1.807) is 0 Å². The van der Waals surface area contributed by atoms with Crippen LogP contribution in [0.25, 0.3) is 10.8 Å².